The summed E-state index contributed by atoms with van der Waals surface area (Å²) >= 11 is 0. The summed E-state index contributed by atoms with van der Waals surface area (Å²) in [7, 11) is 0. The average molecular weight is 245 g/mol. The second-order valence-corrected chi connectivity index (χ2v) is 4.55. The first-order chi connectivity index (χ1) is 8.74. The Morgan fingerprint density at radius 3 is 2.72 bits per heavy atom. The van der Waals surface area contributed by atoms with Gasteiger partial charge in [0.2, 0.25) is 0 Å². The lowest BCUT2D eigenvalue weighted by Crippen LogP contribution is -2.12. The van der Waals surface area contributed by atoms with Gasteiger partial charge in [0.1, 0.15) is 5.75 Å². The summed E-state index contributed by atoms with van der Waals surface area (Å²) in [6.07, 6.45) is 3.65. The van der Waals surface area contributed by atoms with E-state index in [2.05, 4.69) is 17.4 Å². The minimum atomic E-state index is 0.208. The number of rotatable bonds is 6. The summed E-state index contributed by atoms with van der Waals surface area (Å²) < 4.78 is 10.7. The van der Waals surface area contributed by atoms with Gasteiger partial charge in [-0.3, -0.25) is 0 Å². The molecule has 3 heteroatoms. The smallest absolute Gasteiger partial charge is 0.120 e. The van der Waals surface area contributed by atoms with Gasteiger partial charge in [-0.1, -0.05) is 12.1 Å². The van der Waals surface area contributed by atoms with Crippen LogP contribution in [0, 0.1) is 0 Å². The van der Waals surface area contributed by atoms with E-state index >= 15 is 0 Å². The van der Waals surface area contributed by atoms with Crippen LogP contribution in [0.1, 0.15) is 25.0 Å². The highest BCUT2D eigenvalue weighted by Crippen LogP contribution is 2.14. The van der Waals surface area contributed by atoms with Crippen molar-refractivity contribution in [2.75, 3.05) is 0 Å². The molecule has 0 saturated carbocycles. The number of hydrogen-bond donors (Lipinski definition) is 1. The number of hydrogen-bond acceptors (Lipinski definition) is 3. The first kappa shape index (κ1) is 12.7. The normalized spacial score (nSPS) is 10.8. The maximum Gasteiger partial charge on any atom is 0.120 e. The van der Waals surface area contributed by atoms with Gasteiger partial charge in [0.25, 0.3) is 0 Å². The maximum absolute atomic E-state index is 5.66. The molecule has 0 amide bonds. The molecule has 0 saturated heterocycles. The molecule has 1 heterocycles. The van der Waals surface area contributed by atoms with Crippen LogP contribution in [0.5, 0.6) is 5.75 Å². The molecule has 1 aromatic carbocycles. The summed E-state index contributed by atoms with van der Waals surface area (Å²) in [5.74, 6) is 0.924. The zero-order valence-electron chi connectivity index (χ0n) is 10.8. The fourth-order valence-corrected chi connectivity index (χ4v) is 1.75. The van der Waals surface area contributed by atoms with Crippen LogP contribution in [0.25, 0.3) is 0 Å². The standard InChI is InChI=1S/C15H19NO2/c1-12(2)18-15-5-3-4-13(8-15)9-16-10-14-6-7-17-11-14/h3-8,11-12,16H,9-10H2,1-2H3. The first-order valence-electron chi connectivity index (χ1n) is 6.21. The second kappa shape index (κ2) is 6.26. The Kier molecular flexibility index (Phi) is 4.42. The molecular weight excluding hydrogens is 226 g/mol. The summed E-state index contributed by atoms with van der Waals surface area (Å²) in [6, 6.07) is 10.1. The Bertz CT molecular complexity index is 463. The van der Waals surface area contributed by atoms with Crippen LogP contribution in [0.2, 0.25) is 0 Å². The lowest BCUT2D eigenvalue weighted by Gasteiger charge is -2.11. The summed E-state index contributed by atoms with van der Waals surface area (Å²) in [6.45, 7) is 5.69. The number of ether oxygens (including phenoxy) is 1. The van der Waals surface area contributed by atoms with Crippen molar-refractivity contribution >= 4 is 0 Å². The van der Waals surface area contributed by atoms with Crippen molar-refractivity contribution in [3.63, 3.8) is 0 Å². The lowest BCUT2D eigenvalue weighted by molar-refractivity contribution is 0.242. The van der Waals surface area contributed by atoms with E-state index in [9.17, 15) is 0 Å². The largest absolute Gasteiger partial charge is 0.491 e. The third-order valence-corrected chi connectivity index (χ3v) is 2.51. The van der Waals surface area contributed by atoms with Crippen LogP contribution in [0.15, 0.2) is 47.3 Å². The highest BCUT2D eigenvalue weighted by atomic mass is 16.5. The van der Waals surface area contributed by atoms with Gasteiger partial charge in [-0.05, 0) is 37.6 Å². The third-order valence-electron chi connectivity index (χ3n) is 2.51. The molecule has 0 aliphatic carbocycles. The van der Waals surface area contributed by atoms with Crippen molar-refractivity contribution in [3.8, 4) is 5.75 Å². The molecule has 0 bridgehead atoms. The number of nitrogens with one attached hydrogen (secondary N) is 1. The van der Waals surface area contributed by atoms with Gasteiger partial charge in [-0.25, -0.2) is 0 Å². The molecule has 0 spiro atoms. The molecule has 18 heavy (non-hydrogen) atoms. The highest BCUT2D eigenvalue weighted by Gasteiger charge is 2.00. The summed E-state index contributed by atoms with van der Waals surface area (Å²) in [4.78, 5) is 0. The van der Waals surface area contributed by atoms with E-state index in [1.54, 1.807) is 12.5 Å². The predicted octanol–water partition coefficient (Wildman–Crippen LogP) is 3.36. The van der Waals surface area contributed by atoms with Gasteiger partial charge in [0, 0.05) is 18.7 Å². The minimum Gasteiger partial charge on any atom is -0.491 e. The Morgan fingerprint density at radius 2 is 2.00 bits per heavy atom. The van der Waals surface area contributed by atoms with Crippen molar-refractivity contribution in [1.29, 1.82) is 0 Å². The second-order valence-electron chi connectivity index (χ2n) is 4.55. The van der Waals surface area contributed by atoms with E-state index < -0.39 is 0 Å². The predicted molar refractivity (Wildman–Crippen MR) is 71.5 cm³/mol. The van der Waals surface area contributed by atoms with Crippen LogP contribution in [-0.4, -0.2) is 6.10 Å². The van der Waals surface area contributed by atoms with Gasteiger partial charge < -0.3 is 14.5 Å². The van der Waals surface area contributed by atoms with Gasteiger partial charge in [-0.2, -0.15) is 0 Å². The SMILES string of the molecule is CC(C)Oc1cccc(CNCc2ccoc2)c1. The molecule has 0 fully saturated rings. The van der Waals surface area contributed by atoms with E-state index in [-0.39, 0.29) is 6.10 Å². The Labute approximate surface area is 108 Å². The Balaban J connectivity index is 1.85. The van der Waals surface area contributed by atoms with Crippen molar-refractivity contribution < 1.29 is 9.15 Å². The van der Waals surface area contributed by atoms with Crippen LogP contribution in [-0.2, 0) is 13.1 Å². The van der Waals surface area contributed by atoms with E-state index in [1.165, 1.54) is 5.56 Å². The molecule has 2 rings (SSSR count). The monoisotopic (exact) mass is 245 g/mol. The first-order valence-corrected chi connectivity index (χ1v) is 6.21. The number of benzene rings is 1. The minimum absolute atomic E-state index is 0.208. The van der Waals surface area contributed by atoms with Crippen molar-refractivity contribution in [1.82, 2.24) is 5.32 Å². The van der Waals surface area contributed by atoms with Gasteiger partial charge in [0.05, 0.1) is 18.6 Å². The van der Waals surface area contributed by atoms with Crippen molar-refractivity contribution in [2.24, 2.45) is 0 Å². The maximum atomic E-state index is 5.66. The zero-order valence-corrected chi connectivity index (χ0v) is 10.8. The summed E-state index contributed by atoms with van der Waals surface area (Å²) in [5, 5.41) is 3.37. The van der Waals surface area contributed by atoms with Crippen LogP contribution >= 0.6 is 0 Å². The van der Waals surface area contributed by atoms with E-state index in [1.807, 2.05) is 32.0 Å². The molecule has 1 N–H and O–H groups in total. The Morgan fingerprint density at radius 1 is 1.17 bits per heavy atom. The van der Waals surface area contributed by atoms with E-state index in [0.717, 1.165) is 24.4 Å². The van der Waals surface area contributed by atoms with E-state index in [4.69, 9.17) is 9.15 Å². The molecule has 0 unspecified atom stereocenters. The third kappa shape index (κ3) is 3.93. The van der Waals surface area contributed by atoms with Gasteiger partial charge in [-0.15, -0.1) is 0 Å². The molecule has 2 aromatic rings. The van der Waals surface area contributed by atoms with Crippen molar-refractivity contribution in [2.45, 2.75) is 33.0 Å². The topological polar surface area (TPSA) is 34.4 Å². The quantitative estimate of drug-likeness (QED) is 0.847. The molecule has 0 aliphatic rings. The molecule has 1 aromatic heterocycles. The highest BCUT2D eigenvalue weighted by molar-refractivity contribution is 5.28. The molecule has 0 atom stereocenters. The van der Waals surface area contributed by atoms with Crippen molar-refractivity contribution in [3.05, 3.63) is 54.0 Å². The molecule has 3 nitrogen and oxygen atoms in total. The van der Waals surface area contributed by atoms with Gasteiger partial charge in [0.15, 0.2) is 0 Å². The van der Waals surface area contributed by atoms with E-state index in [0.29, 0.717) is 0 Å². The fourth-order valence-electron chi connectivity index (χ4n) is 1.75. The van der Waals surface area contributed by atoms with Crippen LogP contribution < -0.4 is 10.1 Å². The van der Waals surface area contributed by atoms with Crippen LogP contribution in [0.4, 0.5) is 0 Å². The molecular formula is C15H19NO2. The molecule has 96 valence electrons. The molecule has 0 aliphatic heterocycles. The fraction of sp³-hybridized carbons (Fsp3) is 0.333. The lowest BCUT2D eigenvalue weighted by atomic mass is 10.2. The van der Waals surface area contributed by atoms with Gasteiger partial charge >= 0.3 is 0 Å². The average Bonchev–Trinajstić information content (AvgIpc) is 2.82. The number of furan rings is 1. The molecule has 0 radical (unpaired) electrons. The zero-order chi connectivity index (χ0) is 12.8. The van der Waals surface area contributed by atoms with Crippen LogP contribution in [0.3, 0.4) is 0 Å². The Hall–Kier alpha value is -1.74. The summed E-state index contributed by atoms with van der Waals surface area (Å²) in [5.41, 5.74) is 2.38.